The average molecular weight is 416 g/mol. The van der Waals surface area contributed by atoms with Crippen LogP contribution in [0.25, 0.3) is 0 Å². The fourth-order valence-corrected chi connectivity index (χ4v) is 4.00. The summed E-state index contributed by atoms with van der Waals surface area (Å²) in [6.45, 7) is 4.93. The lowest BCUT2D eigenvalue weighted by Gasteiger charge is -2.21. The molecule has 0 aliphatic carbocycles. The normalized spacial score (nSPS) is 18.7. The number of amides is 1. The van der Waals surface area contributed by atoms with E-state index in [-0.39, 0.29) is 18.1 Å². The number of nitrogens with zero attached hydrogens (tertiary/aromatic N) is 1. The van der Waals surface area contributed by atoms with Crippen LogP contribution in [0.3, 0.4) is 0 Å². The SMILES string of the molecule is CCc1ccc(C)c(C(=O)N2CC(OC)C(Oc3cccc(CS)c3)C2)c1OC. The lowest BCUT2D eigenvalue weighted by molar-refractivity contribution is 0.0339. The number of rotatable bonds is 7. The van der Waals surface area contributed by atoms with Crippen LogP contribution in [0.5, 0.6) is 11.5 Å². The van der Waals surface area contributed by atoms with Gasteiger partial charge in [-0.05, 0) is 42.2 Å². The summed E-state index contributed by atoms with van der Waals surface area (Å²) in [5, 5.41) is 0. The number of carbonyl (C=O) groups excluding carboxylic acids is 1. The highest BCUT2D eigenvalue weighted by atomic mass is 32.1. The molecule has 6 heteroatoms. The minimum Gasteiger partial charge on any atom is -0.496 e. The van der Waals surface area contributed by atoms with Crippen molar-refractivity contribution in [2.45, 2.75) is 38.2 Å². The van der Waals surface area contributed by atoms with E-state index in [9.17, 15) is 4.79 Å². The van der Waals surface area contributed by atoms with Crippen LogP contribution in [-0.4, -0.2) is 50.3 Å². The maximum absolute atomic E-state index is 13.4. The number of methoxy groups -OCH3 is 2. The molecule has 156 valence electrons. The molecule has 1 fully saturated rings. The molecule has 1 saturated heterocycles. The van der Waals surface area contributed by atoms with Crippen molar-refractivity contribution in [1.29, 1.82) is 0 Å². The zero-order valence-corrected chi connectivity index (χ0v) is 18.4. The lowest BCUT2D eigenvalue weighted by Crippen LogP contribution is -2.32. The van der Waals surface area contributed by atoms with E-state index in [4.69, 9.17) is 14.2 Å². The van der Waals surface area contributed by atoms with Gasteiger partial charge in [-0.3, -0.25) is 4.79 Å². The van der Waals surface area contributed by atoms with Crippen LogP contribution < -0.4 is 9.47 Å². The van der Waals surface area contributed by atoms with Crippen LogP contribution in [0.2, 0.25) is 0 Å². The highest BCUT2D eigenvalue weighted by Crippen LogP contribution is 2.31. The molecule has 2 aromatic rings. The molecule has 0 radical (unpaired) electrons. The van der Waals surface area contributed by atoms with Crippen molar-refractivity contribution in [3.63, 3.8) is 0 Å². The van der Waals surface area contributed by atoms with Gasteiger partial charge >= 0.3 is 0 Å². The van der Waals surface area contributed by atoms with E-state index in [1.165, 1.54) is 0 Å². The molecule has 1 amide bonds. The van der Waals surface area contributed by atoms with E-state index in [0.29, 0.717) is 30.2 Å². The Morgan fingerprint density at radius 1 is 1.17 bits per heavy atom. The smallest absolute Gasteiger partial charge is 0.258 e. The molecular weight excluding hydrogens is 386 g/mol. The number of benzene rings is 2. The van der Waals surface area contributed by atoms with Crippen molar-refractivity contribution in [3.05, 3.63) is 58.7 Å². The molecule has 0 bridgehead atoms. The molecule has 1 aliphatic rings. The first-order chi connectivity index (χ1) is 14.0. The molecule has 3 rings (SSSR count). The Kier molecular flexibility index (Phi) is 7.09. The van der Waals surface area contributed by atoms with Crippen LogP contribution in [0.15, 0.2) is 36.4 Å². The van der Waals surface area contributed by atoms with Crippen molar-refractivity contribution in [2.24, 2.45) is 0 Å². The Balaban J connectivity index is 1.83. The predicted octanol–water partition coefficient (Wildman–Crippen LogP) is 3.91. The summed E-state index contributed by atoms with van der Waals surface area (Å²) in [6.07, 6.45) is 0.372. The van der Waals surface area contributed by atoms with E-state index >= 15 is 0 Å². The van der Waals surface area contributed by atoms with Gasteiger partial charge in [-0.25, -0.2) is 0 Å². The van der Waals surface area contributed by atoms with E-state index in [1.54, 1.807) is 19.1 Å². The van der Waals surface area contributed by atoms with Gasteiger partial charge in [0.1, 0.15) is 23.7 Å². The monoisotopic (exact) mass is 415 g/mol. The second-order valence-corrected chi connectivity index (χ2v) is 7.57. The van der Waals surface area contributed by atoms with Gasteiger partial charge in [0.15, 0.2) is 0 Å². The molecule has 0 N–H and O–H groups in total. The van der Waals surface area contributed by atoms with Gasteiger partial charge in [0.05, 0.1) is 25.8 Å². The van der Waals surface area contributed by atoms with E-state index < -0.39 is 0 Å². The van der Waals surface area contributed by atoms with Crippen LogP contribution in [0.4, 0.5) is 0 Å². The van der Waals surface area contributed by atoms with Gasteiger partial charge in [-0.1, -0.05) is 31.2 Å². The van der Waals surface area contributed by atoms with Crippen LogP contribution in [-0.2, 0) is 16.9 Å². The van der Waals surface area contributed by atoms with E-state index in [1.807, 2.05) is 43.3 Å². The zero-order valence-electron chi connectivity index (χ0n) is 17.5. The maximum atomic E-state index is 13.4. The Bertz CT molecular complexity index is 870. The van der Waals surface area contributed by atoms with E-state index in [0.717, 1.165) is 28.9 Å². The predicted molar refractivity (Wildman–Crippen MR) is 117 cm³/mol. The first kappa shape index (κ1) is 21.5. The minimum absolute atomic E-state index is 0.0492. The largest absolute Gasteiger partial charge is 0.496 e. The Morgan fingerprint density at radius 3 is 2.59 bits per heavy atom. The van der Waals surface area contributed by atoms with Crippen LogP contribution >= 0.6 is 12.6 Å². The number of hydrogen-bond donors (Lipinski definition) is 1. The topological polar surface area (TPSA) is 48.0 Å². The Labute approximate surface area is 178 Å². The minimum atomic E-state index is -0.236. The maximum Gasteiger partial charge on any atom is 0.258 e. The molecule has 5 nitrogen and oxygen atoms in total. The van der Waals surface area contributed by atoms with E-state index in [2.05, 4.69) is 19.6 Å². The number of carbonyl (C=O) groups is 1. The molecule has 1 heterocycles. The van der Waals surface area contributed by atoms with Gasteiger partial charge < -0.3 is 19.1 Å². The highest BCUT2D eigenvalue weighted by Gasteiger charge is 2.38. The lowest BCUT2D eigenvalue weighted by atomic mass is 10.0. The molecule has 0 saturated carbocycles. The summed E-state index contributed by atoms with van der Waals surface area (Å²) in [6, 6.07) is 11.9. The van der Waals surface area contributed by atoms with Gasteiger partial charge in [-0.15, -0.1) is 0 Å². The summed E-state index contributed by atoms with van der Waals surface area (Å²) >= 11 is 4.32. The molecule has 1 aliphatic heterocycles. The second kappa shape index (κ2) is 9.55. The highest BCUT2D eigenvalue weighted by molar-refractivity contribution is 7.79. The number of likely N-dealkylation sites (tertiary alicyclic amines) is 1. The number of ether oxygens (including phenoxy) is 3. The molecule has 2 atom stereocenters. The average Bonchev–Trinajstić information content (AvgIpc) is 3.15. The van der Waals surface area contributed by atoms with Gasteiger partial charge in [-0.2, -0.15) is 12.6 Å². The third-order valence-corrected chi connectivity index (χ3v) is 5.79. The number of aryl methyl sites for hydroxylation is 2. The summed E-state index contributed by atoms with van der Waals surface area (Å²) in [5.74, 6) is 2.02. The standard InChI is InChI=1S/C23H29NO4S/c1-5-17-10-9-15(2)21(22(17)27-4)23(25)24-12-19(26-3)20(13-24)28-18-8-6-7-16(11-18)14-29/h6-11,19-20,29H,5,12-14H2,1-4H3. The summed E-state index contributed by atoms with van der Waals surface area (Å²) < 4.78 is 17.4. The van der Waals surface area contributed by atoms with Gasteiger partial charge in [0.25, 0.3) is 5.91 Å². The third kappa shape index (κ3) is 4.54. The zero-order chi connectivity index (χ0) is 21.0. The first-order valence-electron chi connectivity index (χ1n) is 9.87. The summed E-state index contributed by atoms with van der Waals surface area (Å²) in [5.41, 5.74) is 3.64. The molecular formula is C23H29NO4S. The third-order valence-electron chi connectivity index (χ3n) is 5.42. The quantitative estimate of drug-likeness (QED) is 0.697. The first-order valence-corrected chi connectivity index (χ1v) is 10.5. The Morgan fingerprint density at radius 2 is 1.93 bits per heavy atom. The van der Waals surface area contributed by atoms with Crippen molar-refractivity contribution in [2.75, 3.05) is 27.3 Å². The Hall–Kier alpha value is -2.18. The number of hydrogen-bond acceptors (Lipinski definition) is 5. The fraction of sp³-hybridized carbons (Fsp3) is 0.435. The molecule has 2 unspecified atom stereocenters. The molecule has 0 aromatic heterocycles. The van der Waals surface area contributed by atoms with Crippen molar-refractivity contribution >= 4 is 18.5 Å². The summed E-state index contributed by atoms with van der Waals surface area (Å²) in [7, 11) is 3.27. The summed E-state index contributed by atoms with van der Waals surface area (Å²) in [4.78, 5) is 15.2. The molecule has 0 spiro atoms. The molecule has 2 aromatic carbocycles. The second-order valence-electron chi connectivity index (χ2n) is 7.25. The number of thiol groups is 1. The van der Waals surface area contributed by atoms with Crippen molar-refractivity contribution in [1.82, 2.24) is 4.90 Å². The van der Waals surface area contributed by atoms with Crippen molar-refractivity contribution in [3.8, 4) is 11.5 Å². The fourth-order valence-electron chi connectivity index (χ4n) is 3.80. The van der Waals surface area contributed by atoms with Crippen LogP contribution in [0, 0.1) is 6.92 Å². The van der Waals surface area contributed by atoms with Gasteiger partial charge in [0.2, 0.25) is 0 Å². The van der Waals surface area contributed by atoms with Crippen molar-refractivity contribution < 1.29 is 19.0 Å². The molecule has 29 heavy (non-hydrogen) atoms. The van der Waals surface area contributed by atoms with Crippen LogP contribution in [0.1, 0.15) is 34.0 Å². The van der Waals surface area contributed by atoms with Gasteiger partial charge in [0, 0.05) is 12.9 Å².